The molecule has 1 heterocycles. The first-order valence-corrected chi connectivity index (χ1v) is 7.54. The van der Waals surface area contributed by atoms with Gasteiger partial charge in [0.25, 0.3) is 0 Å². The van der Waals surface area contributed by atoms with E-state index in [1.165, 1.54) is 37.7 Å². The lowest BCUT2D eigenvalue weighted by Crippen LogP contribution is -2.29. The van der Waals surface area contributed by atoms with Crippen LogP contribution in [0.15, 0.2) is 18.2 Å². The second-order valence-corrected chi connectivity index (χ2v) is 5.92. The number of rotatable bonds is 5. The van der Waals surface area contributed by atoms with Crippen LogP contribution in [0.25, 0.3) is 0 Å². The van der Waals surface area contributed by atoms with E-state index < -0.39 is 0 Å². The standard InChI is InChI=1S/C16H23FN2/c17-16-7-4-13(11-18-15-5-6-15)10-14(16)12-19-8-2-1-3-9-19/h4,7,10,15,18H,1-3,5-6,8-9,11-12H2. The van der Waals surface area contributed by atoms with Gasteiger partial charge < -0.3 is 5.32 Å². The molecule has 0 aromatic heterocycles. The van der Waals surface area contributed by atoms with E-state index in [4.69, 9.17) is 0 Å². The molecule has 3 rings (SSSR count). The molecule has 2 aliphatic rings. The van der Waals surface area contributed by atoms with Crippen molar-refractivity contribution in [2.45, 2.75) is 51.2 Å². The summed E-state index contributed by atoms with van der Waals surface area (Å²) in [5.41, 5.74) is 2.07. The smallest absolute Gasteiger partial charge is 0.127 e. The Balaban J connectivity index is 1.62. The summed E-state index contributed by atoms with van der Waals surface area (Å²) in [5.74, 6) is -0.0549. The van der Waals surface area contributed by atoms with Crippen LogP contribution >= 0.6 is 0 Å². The fraction of sp³-hybridized carbons (Fsp3) is 0.625. The second kappa shape index (κ2) is 6.02. The van der Waals surface area contributed by atoms with Gasteiger partial charge in [-0.2, -0.15) is 0 Å². The minimum Gasteiger partial charge on any atom is -0.310 e. The molecule has 1 aliphatic carbocycles. The van der Waals surface area contributed by atoms with E-state index >= 15 is 0 Å². The quantitative estimate of drug-likeness (QED) is 0.877. The molecular formula is C16H23FN2. The van der Waals surface area contributed by atoms with Crippen LogP contribution in [0.5, 0.6) is 0 Å². The maximum Gasteiger partial charge on any atom is 0.127 e. The van der Waals surface area contributed by atoms with Gasteiger partial charge in [-0.15, -0.1) is 0 Å². The maximum absolute atomic E-state index is 13.9. The number of halogens is 1. The van der Waals surface area contributed by atoms with Crippen molar-refractivity contribution in [2.24, 2.45) is 0 Å². The highest BCUT2D eigenvalue weighted by molar-refractivity contribution is 5.25. The third kappa shape index (κ3) is 3.77. The summed E-state index contributed by atoms with van der Waals surface area (Å²) in [6.45, 7) is 3.87. The zero-order valence-corrected chi connectivity index (χ0v) is 11.5. The third-order valence-electron chi connectivity index (χ3n) is 4.12. The number of hydrogen-bond donors (Lipinski definition) is 1. The maximum atomic E-state index is 13.9. The molecule has 0 radical (unpaired) electrons. The number of likely N-dealkylation sites (tertiary alicyclic amines) is 1. The van der Waals surface area contributed by atoms with Crippen LogP contribution in [-0.4, -0.2) is 24.0 Å². The normalized spacial score (nSPS) is 20.7. The summed E-state index contributed by atoms with van der Waals surface area (Å²) < 4.78 is 13.9. The van der Waals surface area contributed by atoms with Crippen LogP contribution in [0.1, 0.15) is 43.2 Å². The molecule has 0 atom stereocenters. The topological polar surface area (TPSA) is 15.3 Å². The van der Waals surface area contributed by atoms with E-state index in [9.17, 15) is 4.39 Å². The number of benzene rings is 1. The molecule has 1 aliphatic heterocycles. The molecule has 1 saturated heterocycles. The van der Waals surface area contributed by atoms with E-state index in [0.29, 0.717) is 6.04 Å². The van der Waals surface area contributed by atoms with E-state index in [1.54, 1.807) is 6.07 Å². The van der Waals surface area contributed by atoms with Crippen molar-refractivity contribution in [1.82, 2.24) is 10.2 Å². The Morgan fingerprint density at radius 1 is 1.16 bits per heavy atom. The largest absolute Gasteiger partial charge is 0.310 e. The highest BCUT2D eigenvalue weighted by atomic mass is 19.1. The van der Waals surface area contributed by atoms with Crippen LogP contribution in [0.3, 0.4) is 0 Å². The van der Waals surface area contributed by atoms with E-state index in [0.717, 1.165) is 31.7 Å². The Labute approximate surface area is 115 Å². The Hall–Kier alpha value is -0.930. The van der Waals surface area contributed by atoms with Crippen molar-refractivity contribution >= 4 is 0 Å². The Morgan fingerprint density at radius 3 is 2.68 bits per heavy atom. The van der Waals surface area contributed by atoms with Gasteiger partial charge in [-0.25, -0.2) is 4.39 Å². The molecule has 19 heavy (non-hydrogen) atoms. The summed E-state index contributed by atoms with van der Waals surface area (Å²) in [6.07, 6.45) is 6.42. The van der Waals surface area contributed by atoms with Gasteiger partial charge in [0, 0.05) is 24.7 Å². The zero-order chi connectivity index (χ0) is 13.1. The molecule has 0 spiro atoms. The summed E-state index contributed by atoms with van der Waals surface area (Å²) >= 11 is 0. The molecular weight excluding hydrogens is 239 g/mol. The van der Waals surface area contributed by atoms with Crippen LogP contribution in [0.4, 0.5) is 4.39 Å². The van der Waals surface area contributed by atoms with Crippen LogP contribution in [-0.2, 0) is 13.1 Å². The molecule has 2 fully saturated rings. The highest BCUT2D eigenvalue weighted by Crippen LogP contribution is 2.20. The average molecular weight is 262 g/mol. The molecule has 1 aromatic carbocycles. The van der Waals surface area contributed by atoms with Crippen LogP contribution < -0.4 is 5.32 Å². The number of nitrogens with zero attached hydrogens (tertiary/aromatic N) is 1. The third-order valence-corrected chi connectivity index (χ3v) is 4.12. The summed E-state index contributed by atoms with van der Waals surface area (Å²) in [4.78, 5) is 2.38. The summed E-state index contributed by atoms with van der Waals surface area (Å²) in [6, 6.07) is 6.28. The Morgan fingerprint density at radius 2 is 1.95 bits per heavy atom. The number of piperidine rings is 1. The summed E-state index contributed by atoms with van der Waals surface area (Å²) in [5, 5.41) is 3.49. The fourth-order valence-corrected chi connectivity index (χ4v) is 2.77. The van der Waals surface area contributed by atoms with Gasteiger partial charge in [0.15, 0.2) is 0 Å². The lowest BCUT2D eigenvalue weighted by atomic mass is 10.1. The summed E-state index contributed by atoms with van der Waals surface area (Å²) in [7, 11) is 0. The lowest BCUT2D eigenvalue weighted by Gasteiger charge is -2.26. The predicted octanol–water partition coefficient (Wildman–Crippen LogP) is 3.06. The highest BCUT2D eigenvalue weighted by Gasteiger charge is 2.20. The Kier molecular flexibility index (Phi) is 4.14. The van der Waals surface area contributed by atoms with Crippen LogP contribution in [0, 0.1) is 5.82 Å². The van der Waals surface area contributed by atoms with Crippen LogP contribution in [0.2, 0.25) is 0 Å². The van der Waals surface area contributed by atoms with Gasteiger partial charge in [-0.1, -0.05) is 18.6 Å². The molecule has 2 nitrogen and oxygen atoms in total. The van der Waals surface area contributed by atoms with Crippen molar-refractivity contribution in [2.75, 3.05) is 13.1 Å². The van der Waals surface area contributed by atoms with Gasteiger partial charge in [-0.05, 0) is 50.4 Å². The van der Waals surface area contributed by atoms with E-state index in [-0.39, 0.29) is 5.82 Å². The molecule has 0 bridgehead atoms. The first kappa shape index (κ1) is 13.1. The minimum absolute atomic E-state index is 0.0549. The monoisotopic (exact) mass is 262 g/mol. The van der Waals surface area contributed by atoms with Crippen molar-refractivity contribution < 1.29 is 4.39 Å². The fourth-order valence-electron chi connectivity index (χ4n) is 2.77. The van der Waals surface area contributed by atoms with Gasteiger partial charge in [0.2, 0.25) is 0 Å². The molecule has 104 valence electrons. The van der Waals surface area contributed by atoms with Crippen molar-refractivity contribution in [3.8, 4) is 0 Å². The van der Waals surface area contributed by atoms with E-state index in [1.807, 2.05) is 12.1 Å². The molecule has 0 unspecified atom stereocenters. The zero-order valence-electron chi connectivity index (χ0n) is 11.5. The Bertz CT molecular complexity index is 423. The predicted molar refractivity (Wildman–Crippen MR) is 75.4 cm³/mol. The first-order chi connectivity index (χ1) is 9.31. The minimum atomic E-state index is -0.0549. The van der Waals surface area contributed by atoms with Gasteiger partial charge in [-0.3, -0.25) is 4.90 Å². The van der Waals surface area contributed by atoms with E-state index in [2.05, 4.69) is 10.2 Å². The molecule has 1 saturated carbocycles. The van der Waals surface area contributed by atoms with Crippen molar-refractivity contribution in [3.05, 3.63) is 35.1 Å². The number of nitrogens with one attached hydrogen (secondary N) is 1. The van der Waals surface area contributed by atoms with Crippen molar-refractivity contribution in [1.29, 1.82) is 0 Å². The van der Waals surface area contributed by atoms with Gasteiger partial charge >= 0.3 is 0 Å². The average Bonchev–Trinajstić information content (AvgIpc) is 3.25. The molecule has 0 amide bonds. The second-order valence-electron chi connectivity index (χ2n) is 5.92. The molecule has 1 aromatic rings. The SMILES string of the molecule is Fc1ccc(CNC2CC2)cc1CN1CCCCC1. The lowest BCUT2D eigenvalue weighted by molar-refractivity contribution is 0.218. The van der Waals surface area contributed by atoms with Gasteiger partial charge in [0.05, 0.1) is 0 Å². The van der Waals surface area contributed by atoms with Gasteiger partial charge in [0.1, 0.15) is 5.82 Å². The van der Waals surface area contributed by atoms with Crippen molar-refractivity contribution in [3.63, 3.8) is 0 Å². The molecule has 1 N–H and O–H groups in total. The first-order valence-electron chi connectivity index (χ1n) is 7.54. The number of hydrogen-bond acceptors (Lipinski definition) is 2. The molecule has 3 heteroatoms.